The minimum Gasteiger partial charge on any atom is -0.477 e. The number of carboxylic acids is 1. The van der Waals surface area contributed by atoms with Gasteiger partial charge in [0, 0.05) is 24.2 Å². The lowest BCUT2D eigenvalue weighted by Crippen LogP contribution is -2.30. The van der Waals surface area contributed by atoms with Crippen LogP contribution < -0.4 is 5.56 Å². The third-order valence-corrected chi connectivity index (χ3v) is 4.10. The highest BCUT2D eigenvalue weighted by Crippen LogP contribution is 2.23. The van der Waals surface area contributed by atoms with Crippen molar-refractivity contribution in [3.05, 3.63) is 82.0 Å². The van der Waals surface area contributed by atoms with Crippen molar-refractivity contribution in [3.8, 4) is 5.69 Å². The molecule has 24 heavy (non-hydrogen) atoms. The fourth-order valence-corrected chi connectivity index (χ4v) is 2.82. The predicted molar refractivity (Wildman–Crippen MR) is 89.8 cm³/mol. The zero-order valence-corrected chi connectivity index (χ0v) is 13.4. The molecule has 1 atom stereocenters. The molecule has 0 radical (unpaired) electrons. The summed E-state index contributed by atoms with van der Waals surface area (Å²) in [6, 6.07) is 10.7. The summed E-state index contributed by atoms with van der Waals surface area (Å²) in [5, 5.41) is 13.5. The van der Waals surface area contributed by atoms with Crippen LogP contribution in [-0.2, 0) is 0 Å². The van der Waals surface area contributed by atoms with Crippen LogP contribution in [0.4, 0.5) is 0 Å². The van der Waals surface area contributed by atoms with Crippen LogP contribution in [0.15, 0.2) is 59.8 Å². The van der Waals surface area contributed by atoms with Gasteiger partial charge in [-0.2, -0.15) is 5.10 Å². The van der Waals surface area contributed by atoms with Crippen LogP contribution >= 0.6 is 0 Å². The molecule has 0 spiro atoms. The number of para-hydroxylation sites is 1. The van der Waals surface area contributed by atoms with Crippen molar-refractivity contribution in [2.45, 2.75) is 19.9 Å². The van der Waals surface area contributed by atoms with Crippen LogP contribution in [0.3, 0.4) is 0 Å². The highest BCUT2D eigenvalue weighted by molar-refractivity contribution is 5.88. The molecular weight excluding hydrogens is 306 g/mol. The molecule has 2 heterocycles. The molecule has 3 rings (SSSR count). The van der Waals surface area contributed by atoms with Gasteiger partial charge in [0.15, 0.2) is 0 Å². The molecule has 1 aromatic carbocycles. The van der Waals surface area contributed by atoms with E-state index in [1.54, 1.807) is 30.1 Å². The lowest BCUT2D eigenvalue weighted by atomic mass is 10.0. The van der Waals surface area contributed by atoms with Crippen LogP contribution in [0.25, 0.3) is 5.69 Å². The number of hydrogen-bond donors (Lipinski definition) is 1. The Morgan fingerprint density at radius 2 is 1.92 bits per heavy atom. The smallest absolute Gasteiger partial charge is 0.341 e. The Kier molecular flexibility index (Phi) is 4.04. The first kappa shape index (κ1) is 15.7. The Morgan fingerprint density at radius 3 is 2.58 bits per heavy atom. The van der Waals surface area contributed by atoms with Gasteiger partial charge >= 0.3 is 5.97 Å². The Labute approximate surface area is 138 Å². The Balaban J connectivity index is 2.15. The number of benzene rings is 1. The summed E-state index contributed by atoms with van der Waals surface area (Å²) in [6.45, 7) is 3.49. The third-order valence-electron chi connectivity index (χ3n) is 4.10. The van der Waals surface area contributed by atoms with E-state index in [4.69, 9.17) is 0 Å². The van der Waals surface area contributed by atoms with Crippen LogP contribution in [0.5, 0.6) is 0 Å². The van der Waals surface area contributed by atoms with Crippen molar-refractivity contribution < 1.29 is 9.90 Å². The molecule has 6 heteroatoms. The average molecular weight is 323 g/mol. The van der Waals surface area contributed by atoms with Gasteiger partial charge < -0.3 is 9.67 Å². The second kappa shape index (κ2) is 6.16. The third kappa shape index (κ3) is 2.62. The van der Waals surface area contributed by atoms with E-state index < -0.39 is 11.5 Å². The van der Waals surface area contributed by atoms with Gasteiger partial charge in [0.2, 0.25) is 0 Å². The molecule has 0 aliphatic rings. The van der Waals surface area contributed by atoms with E-state index in [0.29, 0.717) is 5.56 Å². The summed E-state index contributed by atoms with van der Waals surface area (Å²) in [4.78, 5) is 24.0. The summed E-state index contributed by atoms with van der Waals surface area (Å²) in [6.07, 6.45) is 5.14. The summed E-state index contributed by atoms with van der Waals surface area (Å²) in [7, 11) is 0. The summed E-state index contributed by atoms with van der Waals surface area (Å²) >= 11 is 0. The van der Waals surface area contributed by atoms with Crippen LogP contribution in [0.2, 0.25) is 0 Å². The van der Waals surface area contributed by atoms with Crippen LogP contribution in [-0.4, -0.2) is 25.4 Å². The van der Waals surface area contributed by atoms with Gasteiger partial charge in [0.05, 0.1) is 11.7 Å². The molecule has 3 aromatic rings. The average Bonchev–Trinajstić information content (AvgIpc) is 3.08. The van der Waals surface area contributed by atoms with Crippen molar-refractivity contribution in [1.29, 1.82) is 0 Å². The number of aryl methyl sites for hydroxylation is 1. The molecule has 0 aliphatic carbocycles. The van der Waals surface area contributed by atoms with Crippen molar-refractivity contribution >= 4 is 5.97 Å². The highest BCUT2D eigenvalue weighted by atomic mass is 16.4. The first-order valence-electron chi connectivity index (χ1n) is 7.54. The molecule has 2 aromatic heterocycles. The maximum absolute atomic E-state index is 12.6. The number of carbonyl (C=O) groups is 1. The number of pyridine rings is 1. The van der Waals surface area contributed by atoms with Gasteiger partial charge in [0.1, 0.15) is 5.56 Å². The molecule has 0 aliphatic heterocycles. The summed E-state index contributed by atoms with van der Waals surface area (Å²) in [5.74, 6) is -1.21. The van der Waals surface area contributed by atoms with E-state index >= 15 is 0 Å². The number of aromatic carboxylic acids is 1. The number of carboxylic acid groups (broad SMARTS) is 1. The number of nitrogens with zero attached hydrogens (tertiary/aromatic N) is 3. The second-order valence-electron chi connectivity index (χ2n) is 5.58. The van der Waals surface area contributed by atoms with Gasteiger partial charge in [-0.05, 0) is 37.6 Å². The normalized spacial score (nSPS) is 12.1. The first-order valence-corrected chi connectivity index (χ1v) is 7.54. The maximum Gasteiger partial charge on any atom is 0.341 e. The minimum absolute atomic E-state index is 0.194. The summed E-state index contributed by atoms with van der Waals surface area (Å²) < 4.78 is 3.17. The number of hydrogen-bond acceptors (Lipinski definition) is 3. The molecule has 0 bridgehead atoms. The molecule has 0 saturated carbocycles. The van der Waals surface area contributed by atoms with Gasteiger partial charge in [-0.25, -0.2) is 9.48 Å². The van der Waals surface area contributed by atoms with Crippen molar-refractivity contribution in [2.24, 2.45) is 0 Å². The first-order chi connectivity index (χ1) is 11.5. The standard InChI is InChI=1S/C18H17N3O3/c1-12-8-11-20(17(22)16(12)18(23)24)13(2)14-6-3-4-7-15(14)21-10-5-9-19-21/h3-11,13H,1-2H3,(H,23,24). The van der Waals surface area contributed by atoms with Gasteiger partial charge in [-0.15, -0.1) is 0 Å². The van der Waals surface area contributed by atoms with Crippen LogP contribution in [0, 0.1) is 6.92 Å². The van der Waals surface area contributed by atoms with Crippen molar-refractivity contribution in [1.82, 2.24) is 14.3 Å². The topological polar surface area (TPSA) is 77.1 Å². The van der Waals surface area contributed by atoms with E-state index in [0.717, 1.165) is 11.3 Å². The SMILES string of the molecule is Cc1ccn(C(C)c2ccccc2-n2cccn2)c(=O)c1C(=O)O. The van der Waals surface area contributed by atoms with Gasteiger partial charge in [-0.1, -0.05) is 18.2 Å². The number of rotatable bonds is 4. The maximum atomic E-state index is 12.6. The fourth-order valence-electron chi connectivity index (χ4n) is 2.82. The molecule has 1 N–H and O–H groups in total. The van der Waals surface area contributed by atoms with Crippen molar-refractivity contribution in [3.63, 3.8) is 0 Å². The van der Waals surface area contributed by atoms with E-state index in [1.165, 1.54) is 4.57 Å². The monoisotopic (exact) mass is 323 g/mol. The fraction of sp³-hybridized carbons (Fsp3) is 0.167. The lowest BCUT2D eigenvalue weighted by Gasteiger charge is -2.20. The molecule has 122 valence electrons. The van der Waals surface area contributed by atoms with E-state index in [1.807, 2.05) is 43.5 Å². The van der Waals surface area contributed by atoms with Gasteiger partial charge in [-0.3, -0.25) is 4.79 Å². The molecule has 0 amide bonds. The molecule has 6 nitrogen and oxygen atoms in total. The molecular formula is C18H17N3O3. The number of aromatic nitrogens is 3. The quantitative estimate of drug-likeness (QED) is 0.801. The molecule has 1 unspecified atom stereocenters. The lowest BCUT2D eigenvalue weighted by molar-refractivity contribution is 0.0693. The Bertz CT molecular complexity index is 942. The van der Waals surface area contributed by atoms with Gasteiger partial charge in [0.25, 0.3) is 5.56 Å². The van der Waals surface area contributed by atoms with Crippen molar-refractivity contribution in [2.75, 3.05) is 0 Å². The summed E-state index contributed by atoms with van der Waals surface area (Å²) in [5.41, 5.74) is 1.48. The molecule has 0 saturated heterocycles. The largest absolute Gasteiger partial charge is 0.477 e. The zero-order valence-electron chi connectivity index (χ0n) is 13.4. The van der Waals surface area contributed by atoms with Crippen LogP contribution in [0.1, 0.15) is 34.5 Å². The Hall–Kier alpha value is -3.15. The van der Waals surface area contributed by atoms with E-state index in [9.17, 15) is 14.7 Å². The zero-order chi connectivity index (χ0) is 17.3. The molecule has 0 fully saturated rings. The van der Waals surface area contributed by atoms with E-state index in [2.05, 4.69) is 5.10 Å². The Morgan fingerprint density at radius 1 is 1.17 bits per heavy atom. The second-order valence-corrected chi connectivity index (χ2v) is 5.58. The minimum atomic E-state index is -1.21. The predicted octanol–water partition coefficient (Wildman–Crippen LogP) is 2.65. The highest BCUT2D eigenvalue weighted by Gasteiger charge is 2.19. The van der Waals surface area contributed by atoms with E-state index in [-0.39, 0.29) is 11.6 Å².